The molecule has 0 saturated carbocycles. The molecule has 0 aliphatic carbocycles. The molecule has 0 spiro atoms. The molecule has 0 radical (unpaired) electrons. The molecule has 0 unspecified atom stereocenters. The zero-order valence-electron chi connectivity index (χ0n) is 15.5. The molecule has 26 heavy (non-hydrogen) atoms. The van der Waals surface area contributed by atoms with Gasteiger partial charge < -0.3 is 14.2 Å². The molecule has 1 amide bonds. The van der Waals surface area contributed by atoms with Crippen LogP contribution in [-0.2, 0) is 9.47 Å². The van der Waals surface area contributed by atoms with Crippen molar-refractivity contribution in [3.05, 3.63) is 34.7 Å². The van der Waals surface area contributed by atoms with Gasteiger partial charge in [-0.3, -0.25) is 4.90 Å². The Kier molecular flexibility index (Phi) is 5.48. The molecule has 1 aliphatic heterocycles. The van der Waals surface area contributed by atoms with Crippen LogP contribution in [0.1, 0.15) is 31.8 Å². The van der Waals surface area contributed by atoms with E-state index in [0.29, 0.717) is 19.8 Å². The Balaban J connectivity index is 1.85. The highest BCUT2D eigenvalue weighted by molar-refractivity contribution is 7.10. The zero-order valence-corrected chi connectivity index (χ0v) is 16.3. The Morgan fingerprint density at radius 2 is 2.12 bits per heavy atom. The first-order valence-corrected chi connectivity index (χ1v) is 9.43. The number of para-hydroxylation sites is 1. The Morgan fingerprint density at radius 3 is 2.85 bits per heavy atom. The number of rotatable bonds is 3. The summed E-state index contributed by atoms with van der Waals surface area (Å²) in [5.74, 6) is 0.772. The molecule has 1 fully saturated rings. The standard InChI is InChI=1S/C19H24N2O4S/c1-19(2,3)25-18(22)21-9-10-24-11-15(21)17-20-14(12-26-17)13-7-5-6-8-16(13)23-4/h5-8,12,15H,9-11H2,1-4H3/t15-/m0/s1. The number of benzene rings is 1. The van der Waals surface area contributed by atoms with E-state index in [2.05, 4.69) is 0 Å². The molecule has 6 nitrogen and oxygen atoms in total. The normalized spacial score (nSPS) is 17.8. The third-order valence-corrected chi connectivity index (χ3v) is 4.89. The molecule has 7 heteroatoms. The van der Waals surface area contributed by atoms with Crippen LogP contribution in [0.25, 0.3) is 11.3 Å². The second-order valence-electron chi connectivity index (χ2n) is 7.04. The SMILES string of the molecule is COc1ccccc1-c1csc([C@@H]2COCCN2C(=O)OC(C)(C)C)n1. The summed E-state index contributed by atoms with van der Waals surface area (Å²) in [5.41, 5.74) is 1.22. The molecule has 1 aromatic heterocycles. The van der Waals surface area contributed by atoms with Gasteiger partial charge in [0.05, 0.1) is 26.0 Å². The first kappa shape index (κ1) is 18.7. The third-order valence-electron chi connectivity index (χ3n) is 3.95. The fourth-order valence-corrected chi connectivity index (χ4v) is 3.68. The van der Waals surface area contributed by atoms with Crippen molar-refractivity contribution in [1.82, 2.24) is 9.88 Å². The van der Waals surface area contributed by atoms with Crippen LogP contribution in [0.15, 0.2) is 29.6 Å². The summed E-state index contributed by atoms with van der Waals surface area (Å²) in [4.78, 5) is 19.0. The van der Waals surface area contributed by atoms with Crippen LogP contribution in [0, 0.1) is 0 Å². The van der Waals surface area contributed by atoms with Crippen molar-refractivity contribution in [2.24, 2.45) is 0 Å². The molecule has 2 aromatic rings. The van der Waals surface area contributed by atoms with E-state index in [9.17, 15) is 4.79 Å². The van der Waals surface area contributed by atoms with Gasteiger partial charge in [0.1, 0.15) is 22.4 Å². The minimum atomic E-state index is -0.536. The summed E-state index contributed by atoms with van der Waals surface area (Å²) in [5, 5.41) is 2.81. The summed E-state index contributed by atoms with van der Waals surface area (Å²) in [7, 11) is 1.64. The Bertz CT molecular complexity index is 769. The van der Waals surface area contributed by atoms with Gasteiger partial charge in [-0.1, -0.05) is 12.1 Å². The molecule has 1 aromatic carbocycles. The van der Waals surface area contributed by atoms with Gasteiger partial charge in [0.25, 0.3) is 0 Å². The number of morpholine rings is 1. The zero-order chi connectivity index (χ0) is 18.7. The number of hydrogen-bond acceptors (Lipinski definition) is 6. The van der Waals surface area contributed by atoms with Gasteiger partial charge in [-0.05, 0) is 32.9 Å². The highest BCUT2D eigenvalue weighted by Crippen LogP contribution is 2.34. The van der Waals surface area contributed by atoms with Crippen LogP contribution in [0.5, 0.6) is 5.75 Å². The Hall–Kier alpha value is -2.12. The number of nitrogens with zero attached hydrogens (tertiary/aromatic N) is 2. The number of hydrogen-bond donors (Lipinski definition) is 0. The number of amides is 1. The maximum atomic E-state index is 12.6. The molecule has 1 saturated heterocycles. The van der Waals surface area contributed by atoms with Crippen molar-refractivity contribution in [2.45, 2.75) is 32.4 Å². The fraction of sp³-hybridized carbons (Fsp3) is 0.474. The van der Waals surface area contributed by atoms with E-state index in [4.69, 9.17) is 19.2 Å². The lowest BCUT2D eigenvalue weighted by molar-refractivity contribution is -0.0331. The largest absolute Gasteiger partial charge is 0.496 e. The van der Waals surface area contributed by atoms with Crippen molar-refractivity contribution >= 4 is 17.4 Å². The fourth-order valence-electron chi connectivity index (χ4n) is 2.77. The van der Waals surface area contributed by atoms with Crippen LogP contribution in [-0.4, -0.2) is 48.4 Å². The van der Waals surface area contributed by atoms with Crippen molar-refractivity contribution in [3.63, 3.8) is 0 Å². The molecule has 3 rings (SSSR count). The lowest BCUT2D eigenvalue weighted by Gasteiger charge is -2.35. The van der Waals surface area contributed by atoms with Crippen LogP contribution >= 0.6 is 11.3 Å². The molecular formula is C19H24N2O4S. The Morgan fingerprint density at radius 1 is 1.35 bits per heavy atom. The molecule has 0 N–H and O–H groups in total. The molecular weight excluding hydrogens is 352 g/mol. The third kappa shape index (κ3) is 4.16. The maximum Gasteiger partial charge on any atom is 0.411 e. The lowest BCUT2D eigenvalue weighted by Crippen LogP contribution is -2.45. The van der Waals surface area contributed by atoms with E-state index in [0.717, 1.165) is 22.0 Å². The first-order valence-electron chi connectivity index (χ1n) is 8.55. The van der Waals surface area contributed by atoms with E-state index in [1.165, 1.54) is 11.3 Å². The minimum Gasteiger partial charge on any atom is -0.496 e. The monoisotopic (exact) mass is 376 g/mol. The number of carbonyl (C=O) groups excluding carboxylic acids is 1. The minimum absolute atomic E-state index is 0.243. The summed E-state index contributed by atoms with van der Waals surface area (Å²) < 4.78 is 16.6. The number of ether oxygens (including phenoxy) is 3. The van der Waals surface area contributed by atoms with Crippen molar-refractivity contribution in [1.29, 1.82) is 0 Å². The number of methoxy groups -OCH3 is 1. The summed E-state index contributed by atoms with van der Waals surface area (Å²) >= 11 is 1.51. The van der Waals surface area contributed by atoms with Crippen molar-refractivity contribution < 1.29 is 19.0 Å². The average Bonchev–Trinajstić information content (AvgIpc) is 3.10. The predicted molar refractivity (Wildman–Crippen MR) is 101 cm³/mol. The van der Waals surface area contributed by atoms with Crippen molar-refractivity contribution in [2.75, 3.05) is 26.9 Å². The summed E-state index contributed by atoms with van der Waals surface area (Å²) in [6, 6.07) is 7.51. The van der Waals surface area contributed by atoms with E-state index < -0.39 is 5.60 Å². The van der Waals surface area contributed by atoms with Crippen LogP contribution in [0.4, 0.5) is 4.79 Å². The van der Waals surface area contributed by atoms with E-state index in [1.807, 2.05) is 50.4 Å². The highest BCUT2D eigenvalue weighted by atomic mass is 32.1. The summed E-state index contributed by atoms with van der Waals surface area (Å²) in [6.07, 6.45) is -0.333. The van der Waals surface area contributed by atoms with Gasteiger partial charge in [-0.15, -0.1) is 11.3 Å². The van der Waals surface area contributed by atoms with Gasteiger partial charge >= 0.3 is 6.09 Å². The highest BCUT2D eigenvalue weighted by Gasteiger charge is 2.34. The number of thiazole rings is 1. The number of carbonyl (C=O) groups is 1. The quantitative estimate of drug-likeness (QED) is 0.806. The van der Waals surface area contributed by atoms with Gasteiger partial charge in [-0.2, -0.15) is 0 Å². The molecule has 1 atom stereocenters. The van der Waals surface area contributed by atoms with Crippen LogP contribution in [0.3, 0.4) is 0 Å². The van der Waals surface area contributed by atoms with E-state index in [1.54, 1.807) is 12.0 Å². The lowest BCUT2D eigenvalue weighted by atomic mass is 10.1. The predicted octanol–water partition coefficient (Wildman–Crippen LogP) is 4.13. The second kappa shape index (κ2) is 7.63. The topological polar surface area (TPSA) is 60.9 Å². The maximum absolute atomic E-state index is 12.6. The smallest absolute Gasteiger partial charge is 0.411 e. The molecule has 140 valence electrons. The molecule has 1 aliphatic rings. The van der Waals surface area contributed by atoms with Crippen LogP contribution in [0.2, 0.25) is 0 Å². The van der Waals surface area contributed by atoms with Gasteiger partial charge in [0.2, 0.25) is 0 Å². The Labute approximate surface area is 157 Å². The van der Waals surface area contributed by atoms with E-state index >= 15 is 0 Å². The average molecular weight is 376 g/mol. The van der Waals surface area contributed by atoms with Gasteiger partial charge in [0, 0.05) is 17.5 Å². The van der Waals surface area contributed by atoms with E-state index in [-0.39, 0.29) is 12.1 Å². The van der Waals surface area contributed by atoms with Crippen LogP contribution < -0.4 is 4.74 Å². The molecule has 0 bridgehead atoms. The van der Waals surface area contributed by atoms with Crippen molar-refractivity contribution in [3.8, 4) is 17.0 Å². The van der Waals surface area contributed by atoms with Gasteiger partial charge in [-0.25, -0.2) is 9.78 Å². The second-order valence-corrected chi connectivity index (χ2v) is 7.93. The molecule has 2 heterocycles. The first-order chi connectivity index (χ1) is 12.4. The number of aromatic nitrogens is 1. The van der Waals surface area contributed by atoms with Gasteiger partial charge in [0.15, 0.2) is 0 Å². The summed E-state index contributed by atoms with van der Waals surface area (Å²) in [6.45, 7) is 7.00.